The lowest BCUT2D eigenvalue weighted by Gasteiger charge is -2.46. The minimum absolute atomic E-state index is 0.204. The summed E-state index contributed by atoms with van der Waals surface area (Å²) in [5.41, 5.74) is -1.21. The third kappa shape index (κ3) is 1.98. The zero-order valence-electron chi connectivity index (χ0n) is 9.83. The van der Waals surface area contributed by atoms with Crippen molar-refractivity contribution >= 4 is 11.5 Å². The van der Waals surface area contributed by atoms with Crippen molar-refractivity contribution in [2.75, 3.05) is 18.0 Å². The molecule has 0 radical (unpaired) electrons. The highest BCUT2D eigenvalue weighted by Gasteiger charge is 2.40. The zero-order chi connectivity index (χ0) is 13.3. The molecule has 2 heterocycles. The molecule has 1 aliphatic heterocycles. The molecule has 1 fully saturated rings. The second-order valence-corrected chi connectivity index (χ2v) is 4.34. The van der Waals surface area contributed by atoms with Gasteiger partial charge in [-0.25, -0.2) is 4.98 Å². The van der Waals surface area contributed by atoms with Crippen LogP contribution in [-0.2, 0) is 0 Å². The molecule has 1 N–H and O–H groups in total. The number of anilines is 1. The molecule has 0 aliphatic carbocycles. The fourth-order valence-corrected chi connectivity index (χ4v) is 1.90. The molecular formula is C11H12N4O3. The summed E-state index contributed by atoms with van der Waals surface area (Å²) < 4.78 is 0. The van der Waals surface area contributed by atoms with Crippen LogP contribution in [-0.4, -0.2) is 33.7 Å². The Morgan fingerprint density at radius 1 is 1.67 bits per heavy atom. The predicted molar refractivity (Wildman–Crippen MR) is 63.1 cm³/mol. The first kappa shape index (κ1) is 12.3. The SMILES string of the molecule is CCC1(O)CN(c2ccc([N+](=O)[O-])c(C#N)n2)C1. The second kappa shape index (κ2) is 4.23. The Hall–Kier alpha value is -2.20. The maximum absolute atomic E-state index is 10.7. The Bertz CT molecular complexity index is 532. The summed E-state index contributed by atoms with van der Waals surface area (Å²) in [5, 5.41) is 29.4. The lowest BCUT2D eigenvalue weighted by atomic mass is 9.91. The Kier molecular flexibility index (Phi) is 2.88. The van der Waals surface area contributed by atoms with Gasteiger partial charge >= 0.3 is 5.69 Å². The van der Waals surface area contributed by atoms with Crippen molar-refractivity contribution in [3.63, 3.8) is 0 Å². The molecule has 1 aromatic rings. The van der Waals surface area contributed by atoms with Gasteiger partial charge in [-0.05, 0) is 12.5 Å². The Labute approximate surface area is 103 Å². The topological polar surface area (TPSA) is 103 Å². The fourth-order valence-electron chi connectivity index (χ4n) is 1.90. The Morgan fingerprint density at radius 3 is 2.83 bits per heavy atom. The van der Waals surface area contributed by atoms with Crippen LogP contribution in [0.1, 0.15) is 19.0 Å². The van der Waals surface area contributed by atoms with Crippen LogP contribution < -0.4 is 4.90 Å². The number of aliphatic hydroxyl groups is 1. The first-order chi connectivity index (χ1) is 8.49. The van der Waals surface area contributed by atoms with E-state index in [2.05, 4.69) is 4.98 Å². The van der Waals surface area contributed by atoms with Crippen LogP contribution in [0.15, 0.2) is 12.1 Å². The molecule has 0 amide bonds. The summed E-state index contributed by atoms with van der Waals surface area (Å²) in [6.45, 7) is 2.75. The highest BCUT2D eigenvalue weighted by molar-refractivity contribution is 5.53. The average Bonchev–Trinajstić information content (AvgIpc) is 2.34. The lowest BCUT2D eigenvalue weighted by Crippen LogP contribution is -2.61. The van der Waals surface area contributed by atoms with Gasteiger partial charge in [0.15, 0.2) is 0 Å². The molecule has 7 nitrogen and oxygen atoms in total. The first-order valence-corrected chi connectivity index (χ1v) is 5.52. The Morgan fingerprint density at radius 2 is 2.33 bits per heavy atom. The van der Waals surface area contributed by atoms with E-state index in [1.165, 1.54) is 12.1 Å². The van der Waals surface area contributed by atoms with Gasteiger partial charge in [-0.3, -0.25) is 10.1 Å². The van der Waals surface area contributed by atoms with Crippen molar-refractivity contribution < 1.29 is 10.0 Å². The number of hydrogen-bond donors (Lipinski definition) is 1. The van der Waals surface area contributed by atoms with Crippen LogP contribution in [0, 0.1) is 21.4 Å². The lowest BCUT2D eigenvalue weighted by molar-refractivity contribution is -0.385. The van der Waals surface area contributed by atoms with Crippen LogP contribution in [0.3, 0.4) is 0 Å². The number of β-amino-alcohol motifs (C(OH)–C–C–N with tert-alkyl or cyclic N) is 1. The predicted octanol–water partition coefficient (Wildman–Crippen LogP) is 0.823. The molecule has 7 heteroatoms. The molecule has 1 saturated heterocycles. The molecular weight excluding hydrogens is 236 g/mol. The van der Waals surface area contributed by atoms with E-state index >= 15 is 0 Å². The van der Waals surface area contributed by atoms with Crippen molar-refractivity contribution in [3.8, 4) is 6.07 Å². The van der Waals surface area contributed by atoms with Crippen LogP contribution in [0.5, 0.6) is 0 Å². The summed E-state index contributed by atoms with van der Waals surface area (Å²) in [4.78, 5) is 15.8. The summed E-state index contributed by atoms with van der Waals surface area (Å²) in [5.74, 6) is 0.482. The molecule has 94 valence electrons. The maximum atomic E-state index is 10.7. The molecule has 0 atom stereocenters. The van der Waals surface area contributed by atoms with Crippen LogP contribution >= 0.6 is 0 Å². The highest BCUT2D eigenvalue weighted by atomic mass is 16.6. The van der Waals surface area contributed by atoms with Crippen molar-refractivity contribution in [1.29, 1.82) is 5.26 Å². The molecule has 1 aliphatic rings. The Balaban J connectivity index is 2.23. The average molecular weight is 248 g/mol. The summed E-state index contributed by atoms with van der Waals surface area (Å²) in [7, 11) is 0. The van der Waals surface area contributed by atoms with Crippen molar-refractivity contribution in [1.82, 2.24) is 4.98 Å². The van der Waals surface area contributed by atoms with E-state index in [-0.39, 0.29) is 11.4 Å². The maximum Gasteiger partial charge on any atom is 0.305 e. The first-order valence-electron chi connectivity index (χ1n) is 5.52. The number of nitro groups is 1. The number of aromatic nitrogens is 1. The summed E-state index contributed by atoms with van der Waals surface area (Å²) in [6.07, 6.45) is 0.640. The van der Waals surface area contributed by atoms with E-state index in [1.54, 1.807) is 11.0 Å². The van der Waals surface area contributed by atoms with Gasteiger partial charge in [0, 0.05) is 19.2 Å². The van der Waals surface area contributed by atoms with Gasteiger partial charge in [0.05, 0.1) is 10.5 Å². The highest BCUT2D eigenvalue weighted by Crippen LogP contribution is 2.30. The van der Waals surface area contributed by atoms with E-state index in [0.29, 0.717) is 25.3 Å². The van der Waals surface area contributed by atoms with E-state index in [4.69, 9.17) is 5.26 Å². The molecule has 0 saturated carbocycles. The third-order valence-corrected chi connectivity index (χ3v) is 3.11. The summed E-state index contributed by atoms with van der Waals surface area (Å²) in [6, 6.07) is 4.48. The van der Waals surface area contributed by atoms with E-state index < -0.39 is 10.5 Å². The number of nitriles is 1. The number of hydrogen-bond acceptors (Lipinski definition) is 6. The quantitative estimate of drug-likeness (QED) is 0.627. The molecule has 0 spiro atoms. The van der Waals surface area contributed by atoms with Crippen molar-refractivity contribution in [2.24, 2.45) is 0 Å². The van der Waals surface area contributed by atoms with E-state index in [1.807, 2.05) is 6.92 Å². The van der Waals surface area contributed by atoms with Crippen molar-refractivity contribution in [2.45, 2.75) is 18.9 Å². The monoisotopic (exact) mass is 248 g/mol. The smallest absolute Gasteiger partial charge is 0.305 e. The number of rotatable bonds is 3. The van der Waals surface area contributed by atoms with Gasteiger partial charge in [0.2, 0.25) is 5.69 Å². The fraction of sp³-hybridized carbons (Fsp3) is 0.455. The van der Waals surface area contributed by atoms with Gasteiger partial charge < -0.3 is 10.0 Å². The van der Waals surface area contributed by atoms with Gasteiger partial charge in [-0.15, -0.1) is 0 Å². The molecule has 2 rings (SSSR count). The normalized spacial score (nSPS) is 16.8. The molecule has 18 heavy (non-hydrogen) atoms. The molecule has 0 aromatic carbocycles. The van der Waals surface area contributed by atoms with Crippen molar-refractivity contribution in [3.05, 3.63) is 27.9 Å². The molecule has 0 unspecified atom stereocenters. The van der Waals surface area contributed by atoms with Gasteiger partial charge in [0.25, 0.3) is 0 Å². The van der Waals surface area contributed by atoms with Crippen LogP contribution in [0.2, 0.25) is 0 Å². The van der Waals surface area contributed by atoms with Crippen LogP contribution in [0.25, 0.3) is 0 Å². The summed E-state index contributed by atoms with van der Waals surface area (Å²) >= 11 is 0. The standard InChI is InChI=1S/C11H12N4O3/c1-2-11(16)6-14(7-11)10-4-3-9(15(17)18)8(5-12)13-10/h3-4,16H,2,6-7H2,1H3. The second-order valence-electron chi connectivity index (χ2n) is 4.34. The minimum atomic E-state index is -0.712. The third-order valence-electron chi connectivity index (χ3n) is 3.11. The number of pyridine rings is 1. The van der Waals surface area contributed by atoms with Gasteiger partial charge in [0.1, 0.15) is 11.9 Å². The van der Waals surface area contributed by atoms with Gasteiger partial charge in [-0.1, -0.05) is 6.92 Å². The molecule has 1 aromatic heterocycles. The van der Waals surface area contributed by atoms with E-state index in [9.17, 15) is 15.2 Å². The zero-order valence-corrected chi connectivity index (χ0v) is 9.83. The van der Waals surface area contributed by atoms with E-state index in [0.717, 1.165) is 0 Å². The van der Waals surface area contributed by atoms with Crippen LogP contribution in [0.4, 0.5) is 11.5 Å². The largest absolute Gasteiger partial charge is 0.386 e. The van der Waals surface area contributed by atoms with Gasteiger partial charge in [-0.2, -0.15) is 5.26 Å². The minimum Gasteiger partial charge on any atom is -0.386 e. The number of nitrogens with zero attached hydrogens (tertiary/aromatic N) is 4. The molecule has 0 bridgehead atoms.